The minimum absolute atomic E-state index is 0.247. The van der Waals surface area contributed by atoms with Gasteiger partial charge >= 0.3 is 5.97 Å². The normalized spacial score (nSPS) is 12.2. The van der Waals surface area contributed by atoms with E-state index in [1.807, 2.05) is 78.5 Å². The molecular weight excluding hydrogens is 400 g/mol. The largest absolute Gasteiger partial charge is 0.467 e. The number of oxazole rings is 1. The third-order valence-corrected chi connectivity index (χ3v) is 5.40. The van der Waals surface area contributed by atoms with Crippen molar-refractivity contribution in [2.75, 3.05) is 7.11 Å². The predicted octanol–water partition coefficient (Wildman–Crippen LogP) is 5.66. The number of esters is 1. The summed E-state index contributed by atoms with van der Waals surface area (Å²) in [6.45, 7) is 1.94. The molecule has 0 aliphatic rings. The zero-order valence-corrected chi connectivity index (χ0v) is 18.3. The molecule has 1 unspecified atom stereocenters. The standard InChI is InChI=1S/C27H26N2O3/c1-20-24(28-26(32-20)23-10-4-3-5-11-23)12-8-9-21-13-15-22(16-14-21)19-25(27(30)31-2)29-17-6-7-18-29/h3-11,13-18,25H,12,19H2,1-2H3. The first-order chi connectivity index (χ1) is 15.6. The van der Waals surface area contributed by atoms with Gasteiger partial charge in [0.25, 0.3) is 0 Å². The van der Waals surface area contributed by atoms with Gasteiger partial charge in [0.2, 0.25) is 5.89 Å². The van der Waals surface area contributed by atoms with Crippen LogP contribution >= 0.6 is 0 Å². The van der Waals surface area contributed by atoms with Gasteiger partial charge in [-0.05, 0) is 42.3 Å². The van der Waals surface area contributed by atoms with Gasteiger partial charge in [-0.1, -0.05) is 54.6 Å². The van der Waals surface area contributed by atoms with Crippen LogP contribution in [0.2, 0.25) is 0 Å². The molecule has 0 N–H and O–H groups in total. The van der Waals surface area contributed by atoms with Crippen LogP contribution in [0.1, 0.15) is 28.6 Å². The molecule has 4 rings (SSSR count). The maximum Gasteiger partial charge on any atom is 0.329 e. The number of aromatic nitrogens is 2. The molecule has 32 heavy (non-hydrogen) atoms. The molecule has 1 atom stereocenters. The second-order valence-corrected chi connectivity index (χ2v) is 7.61. The molecule has 0 radical (unpaired) electrons. The van der Waals surface area contributed by atoms with E-state index in [0.717, 1.165) is 28.1 Å². The maximum atomic E-state index is 12.2. The van der Waals surface area contributed by atoms with Crippen molar-refractivity contribution in [2.24, 2.45) is 0 Å². The zero-order valence-electron chi connectivity index (χ0n) is 18.3. The predicted molar refractivity (Wildman–Crippen MR) is 125 cm³/mol. The third kappa shape index (κ3) is 5.06. The number of rotatable bonds is 8. The van der Waals surface area contributed by atoms with Crippen molar-refractivity contribution in [3.63, 3.8) is 0 Å². The summed E-state index contributed by atoms with van der Waals surface area (Å²) in [4.78, 5) is 16.9. The van der Waals surface area contributed by atoms with E-state index in [-0.39, 0.29) is 12.0 Å². The van der Waals surface area contributed by atoms with Crippen molar-refractivity contribution >= 4 is 12.0 Å². The third-order valence-electron chi connectivity index (χ3n) is 5.40. The van der Waals surface area contributed by atoms with E-state index in [2.05, 4.69) is 29.3 Å². The molecule has 0 saturated heterocycles. The summed E-state index contributed by atoms with van der Waals surface area (Å²) in [5.74, 6) is 1.24. The lowest BCUT2D eigenvalue weighted by molar-refractivity contribution is -0.144. The van der Waals surface area contributed by atoms with Crippen molar-refractivity contribution < 1.29 is 13.9 Å². The van der Waals surface area contributed by atoms with Crippen LogP contribution in [0.3, 0.4) is 0 Å². The van der Waals surface area contributed by atoms with Crippen LogP contribution in [0.5, 0.6) is 0 Å². The smallest absolute Gasteiger partial charge is 0.329 e. The van der Waals surface area contributed by atoms with Gasteiger partial charge in [-0.3, -0.25) is 0 Å². The first kappa shape index (κ1) is 21.4. The molecule has 0 bridgehead atoms. The highest BCUT2D eigenvalue weighted by molar-refractivity contribution is 5.74. The number of hydrogen-bond donors (Lipinski definition) is 0. The number of methoxy groups -OCH3 is 1. The summed E-state index contributed by atoms with van der Waals surface area (Å²) in [6, 6.07) is 21.6. The van der Waals surface area contributed by atoms with Crippen molar-refractivity contribution in [1.82, 2.24) is 9.55 Å². The Balaban J connectivity index is 1.40. The quantitative estimate of drug-likeness (QED) is 0.341. The first-order valence-electron chi connectivity index (χ1n) is 10.6. The topological polar surface area (TPSA) is 57.3 Å². The van der Waals surface area contributed by atoms with E-state index in [9.17, 15) is 4.79 Å². The van der Waals surface area contributed by atoms with Gasteiger partial charge in [-0.2, -0.15) is 0 Å². The number of aryl methyl sites for hydroxylation is 1. The summed E-state index contributed by atoms with van der Waals surface area (Å²) in [5.41, 5.74) is 4.08. The molecular formula is C27H26N2O3. The highest BCUT2D eigenvalue weighted by Gasteiger charge is 2.20. The zero-order chi connectivity index (χ0) is 22.3. The Morgan fingerprint density at radius 3 is 2.47 bits per heavy atom. The van der Waals surface area contributed by atoms with E-state index in [0.29, 0.717) is 18.7 Å². The van der Waals surface area contributed by atoms with Crippen LogP contribution in [-0.4, -0.2) is 22.6 Å². The maximum absolute atomic E-state index is 12.2. The Kier molecular flexibility index (Phi) is 6.66. The summed E-state index contributed by atoms with van der Waals surface area (Å²) < 4.78 is 12.7. The molecule has 0 saturated carbocycles. The molecule has 2 aromatic carbocycles. The molecule has 162 valence electrons. The van der Waals surface area contributed by atoms with Crippen LogP contribution < -0.4 is 0 Å². The van der Waals surface area contributed by atoms with E-state index in [1.54, 1.807) is 0 Å². The molecule has 0 aliphatic carbocycles. The molecule has 0 spiro atoms. The second-order valence-electron chi connectivity index (χ2n) is 7.61. The average Bonchev–Trinajstić information content (AvgIpc) is 3.49. The molecule has 5 heteroatoms. The molecule has 2 aromatic heterocycles. The van der Waals surface area contributed by atoms with Gasteiger partial charge in [-0.15, -0.1) is 0 Å². The number of benzene rings is 2. The Labute approximate surface area is 188 Å². The van der Waals surface area contributed by atoms with E-state index in [4.69, 9.17) is 9.15 Å². The highest BCUT2D eigenvalue weighted by atomic mass is 16.5. The van der Waals surface area contributed by atoms with E-state index < -0.39 is 0 Å². The van der Waals surface area contributed by atoms with Gasteiger partial charge < -0.3 is 13.7 Å². The first-order valence-corrected chi connectivity index (χ1v) is 10.6. The summed E-state index contributed by atoms with van der Waals surface area (Å²) >= 11 is 0. The highest BCUT2D eigenvalue weighted by Crippen LogP contribution is 2.22. The van der Waals surface area contributed by atoms with Gasteiger partial charge in [0.1, 0.15) is 11.8 Å². The lowest BCUT2D eigenvalue weighted by Gasteiger charge is -2.16. The minimum Gasteiger partial charge on any atom is -0.467 e. The number of allylic oxidation sites excluding steroid dienone is 1. The summed E-state index contributed by atoms with van der Waals surface area (Å²) in [5, 5.41) is 0. The van der Waals surface area contributed by atoms with E-state index in [1.165, 1.54) is 7.11 Å². The average molecular weight is 427 g/mol. The monoisotopic (exact) mass is 426 g/mol. The van der Waals surface area contributed by atoms with Crippen molar-refractivity contribution in [1.29, 1.82) is 0 Å². The summed E-state index contributed by atoms with van der Waals surface area (Å²) in [6.07, 6.45) is 9.20. The summed E-state index contributed by atoms with van der Waals surface area (Å²) in [7, 11) is 1.42. The lowest BCUT2D eigenvalue weighted by Crippen LogP contribution is -2.22. The minimum atomic E-state index is -0.370. The van der Waals surface area contributed by atoms with Gasteiger partial charge in [0.15, 0.2) is 0 Å². The number of hydrogen-bond acceptors (Lipinski definition) is 4. The van der Waals surface area contributed by atoms with E-state index >= 15 is 0 Å². The van der Waals surface area contributed by atoms with Crippen LogP contribution in [-0.2, 0) is 22.4 Å². The van der Waals surface area contributed by atoms with Crippen LogP contribution in [0.15, 0.2) is 89.6 Å². The van der Waals surface area contributed by atoms with Crippen LogP contribution in [0.4, 0.5) is 0 Å². The number of nitrogens with zero attached hydrogens (tertiary/aromatic N) is 2. The molecule has 0 aliphatic heterocycles. The Morgan fingerprint density at radius 2 is 1.78 bits per heavy atom. The molecule has 0 fully saturated rings. The Bertz CT molecular complexity index is 1170. The van der Waals surface area contributed by atoms with Crippen LogP contribution in [0.25, 0.3) is 17.5 Å². The Hall–Kier alpha value is -3.86. The molecule has 4 aromatic rings. The van der Waals surface area contributed by atoms with Gasteiger partial charge in [0, 0.05) is 30.8 Å². The molecule has 0 amide bonds. The fourth-order valence-corrected chi connectivity index (χ4v) is 3.62. The van der Waals surface area contributed by atoms with Crippen molar-refractivity contribution in [3.05, 3.63) is 108 Å². The van der Waals surface area contributed by atoms with Crippen molar-refractivity contribution in [3.8, 4) is 11.5 Å². The van der Waals surface area contributed by atoms with Crippen LogP contribution in [0, 0.1) is 6.92 Å². The number of carbonyl (C=O) groups excluding carboxylic acids is 1. The van der Waals surface area contributed by atoms with Crippen molar-refractivity contribution in [2.45, 2.75) is 25.8 Å². The number of ether oxygens (including phenoxy) is 1. The number of carbonyl (C=O) groups is 1. The van der Waals surface area contributed by atoms with Gasteiger partial charge in [-0.25, -0.2) is 9.78 Å². The fraction of sp³-hybridized carbons (Fsp3) is 0.185. The molecule has 5 nitrogen and oxygen atoms in total. The molecule has 2 heterocycles. The second kappa shape index (κ2) is 9.96. The SMILES string of the molecule is COC(=O)C(Cc1ccc(C=CCc2nc(-c3ccccc3)oc2C)cc1)n1cccc1. The Morgan fingerprint density at radius 1 is 1.06 bits per heavy atom. The lowest BCUT2D eigenvalue weighted by atomic mass is 10.0. The fourth-order valence-electron chi connectivity index (χ4n) is 3.62. The van der Waals surface area contributed by atoms with Gasteiger partial charge in [0.05, 0.1) is 12.8 Å².